The fourth-order valence-corrected chi connectivity index (χ4v) is 0.750. The summed E-state index contributed by atoms with van der Waals surface area (Å²) in [5, 5.41) is 9.89. The van der Waals surface area contributed by atoms with Crippen LogP contribution < -0.4 is 5.32 Å². The zero-order chi connectivity index (χ0) is 9.03. The Morgan fingerprint density at radius 1 is 1.75 bits per heavy atom. The van der Waals surface area contributed by atoms with E-state index in [1.165, 1.54) is 0 Å². The molecular weight excluding hydrogens is 150 g/mol. The zero-order valence-electron chi connectivity index (χ0n) is 7.39. The topological polar surface area (TPSA) is 40.7 Å². The number of aromatic amines is 1. The van der Waals surface area contributed by atoms with Gasteiger partial charge in [0.2, 0.25) is 0 Å². The summed E-state index contributed by atoms with van der Waals surface area (Å²) in [5.74, 6) is 2.66. The lowest BCUT2D eigenvalue weighted by Crippen LogP contribution is -2.36. The summed E-state index contributed by atoms with van der Waals surface area (Å²) in [6, 6.07) is 1.92. The normalized spacial score (nSPS) is 11.1. The summed E-state index contributed by atoms with van der Waals surface area (Å²) in [4.78, 5) is 0. The molecule has 0 saturated heterocycles. The Kier molecular flexibility index (Phi) is 2.51. The van der Waals surface area contributed by atoms with Crippen molar-refractivity contribution in [2.45, 2.75) is 25.9 Å². The van der Waals surface area contributed by atoms with Crippen LogP contribution in [0.4, 0.5) is 0 Å². The summed E-state index contributed by atoms with van der Waals surface area (Å²) < 4.78 is 0. The van der Waals surface area contributed by atoms with Gasteiger partial charge in [-0.1, -0.05) is 5.92 Å². The molecule has 0 saturated carbocycles. The predicted molar refractivity (Wildman–Crippen MR) is 48.3 cm³/mol. The molecular formula is C9H13N3. The van der Waals surface area contributed by atoms with Gasteiger partial charge in [-0.15, -0.1) is 6.42 Å². The van der Waals surface area contributed by atoms with Gasteiger partial charge in [-0.25, -0.2) is 0 Å². The first kappa shape index (κ1) is 8.82. The van der Waals surface area contributed by atoms with E-state index < -0.39 is 0 Å². The SMILES string of the molecule is C#CC(C)(C)NCc1ccn[nH]1. The van der Waals surface area contributed by atoms with Crippen molar-refractivity contribution in [1.29, 1.82) is 0 Å². The second-order valence-electron chi connectivity index (χ2n) is 3.20. The number of nitrogens with one attached hydrogen (secondary N) is 2. The highest BCUT2D eigenvalue weighted by atomic mass is 15.1. The van der Waals surface area contributed by atoms with Crippen LogP contribution in [0.3, 0.4) is 0 Å². The Labute approximate surface area is 72.6 Å². The molecule has 0 aromatic carbocycles. The van der Waals surface area contributed by atoms with E-state index in [2.05, 4.69) is 21.4 Å². The predicted octanol–water partition coefficient (Wildman–Crippen LogP) is 0.911. The Balaban J connectivity index is 2.42. The van der Waals surface area contributed by atoms with Gasteiger partial charge in [-0.3, -0.25) is 10.4 Å². The standard InChI is InChI=1S/C9H13N3/c1-4-9(2,3)10-7-8-5-6-11-12-8/h1,5-6,10H,7H2,2-3H3,(H,11,12). The Morgan fingerprint density at radius 2 is 2.50 bits per heavy atom. The molecule has 0 aliphatic heterocycles. The van der Waals surface area contributed by atoms with Crippen LogP contribution in [0, 0.1) is 12.3 Å². The molecule has 0 bridgehead atoms. The van der Waals surface area contributed by atoms with E-state index >= 15 is 0 Å². The van der Waals surface area contributed by atoms with Crippen LogP contribution in [0.5, 0.6) is 0 Å². The lowest BCUT2D eigenvalue weighted by Gasteiger charge is -2.18. The molecule has 64 valence electrons. The molecule has 0 fully saturated rings. The van der Waals surface area contributed by atoms with Crippen LogP contribution in [0.15, 0.2) is 12.3 Å². The van der Waals surface area contributed by atoms with Crippen molar-refractivity contribution in [2.75, 3.05) is 0 Å². The Bertz CT molecular complexity index is 266. The molecule has 1 rings (SSSR count). The molecule has 12 heavy (non-hydrogen) atoms. The van der Waals surface area contributed by atoms with Crippen LogP contribution >= 0.6 is 0 Å². The molecule has 2 N–H and O–H groups in total. The minimum atomic E-state index is -0.259. The van der Waals surface area contributed by atoms with E-state index in [1.807, 2.05) is 19.9 Å². The van der Waals surface area contributed by atoms with Crippen LogP contribution in [0.25, 0.3) is 0 Å². The van der Waals surface area contributed by atoms with Gasteiger partial charge in [0.05, 0.1) is 5.54 Å². The third-order valence-corrected chi connectivity index (χ3v) is 1.64. The van der Waals surface area contributed by atoms with Crippen molar-refractivity contribution in [1.82, 2.24) is 15.5 Å². The highest BCUT2D eigenvalue weighted by Gasteiger charge is 2.11. The van der Waals surface area contributed by atoms with Crippen LogP contribution in [-0.2, 0) is 6.54 Å². The maximum absolute atomic E-state index is 5.31. The summed E-state index contributed by atoms with van der Waals surface area (Å²) >= 11 is 0. The van der Waals surface area contributed by atoms with Gasteiger partial charge < -0.3 is 0 Å². The number of H-pyrrole nitrogens is 1. The molecule has 0 amide bonds. The minimum absolute atomic E-state index is 0.259. The molecule has 3 heteroatoms. The highest BCUT2D eigenvalue weighted by molar-refractivity contribution is 5.09. The van der Waals surface area contributed by atoms with Gasteiger partial charge in [-0.2, -0.15) is 5.10 Å². The molecule has 0 radical (unpaired) electrons. The first-order valence-electron chi connectivity index (χ1n) is 3.85. The van der Waals surface area contributed by atoms with Crippen LogP contribution in [0.1, 0.15) is 19.5 Å². The molecule has 0 aliphatic carbocycles. The van der Waals surface area contributed by atoms with E-state index in [0.29, 0.717) is 0 Å². The van der Waals surface area contributed by atoms with Gasteiger partial charge >= 0.3 is 0 Å². The average Bonchev–Trinajstić information content (AvgIpc) is 2.53. The monoisotopic (exact) mass is 163 g/mol. The second-order valence-corrected chi connectivity index (χ2v) is 3.20. The Hall–Kier alpha value is -1.27. The van der Waals surface area contributed by atoms with Crippen molar-refractivity contribution in [2.24, 2.45) is 0 Å². The second kappa shape index (κ2) is 3.42. The highest BCUT2D eigenvalue weighted by Crippen LogP contribution is 2.00. The number of nitrogens with zero attached hydrogens (tertiary/aromatic N) is 1. The molecule has 3 nitrogen and oxygen atoms in total. The van der Waals surface area contributed by atoms with Crippen molar-refractivity contribution < 1.29 is 0 Å². The molecule has 1 aromatic rings. The first-order valence-corrected chi connectivity index (χ1v) is 3.85. The summed E-state index contributed by atoms with van der Waals surface area (Å²) in [6.07, 6.45) is 7.03. The van der Waals surface area contributed by atoms with E-state index in [-0.39, 0.29) is 5.54 Å². The molecule has 1 heterocycles. The average molecular weight is 163 g/mol. The molecule has 0 aliphatic rings. The molecule has 0 spiro atoms. The van der Waals surface area contributed by atoms with Crippen LogP contribution in [-0.4, -0.2) is 15.7 Å². The van der Waals surface area contributed by atoms with Crippen molar-refractivity contribution >= 4 is 0 Å². The number of hydrogen-bond donors (Lipinski definition) is 2. The van der Waals surface area contributed by atoms with Gasteiger partial charge in [0.15, 0.2) is 0 Å². The quantitative estimate of drug-likeness (QED) is 0.650. The maximum Gasteiger partial charge on any atom is 0.0744 e. The van der Waals surface area contributed by atoms with E-state index in [9.17, 15) is 0 Å². The van der Waals surface area contributed by atoms with Gasteiger partial charge in [0.1, 0.15) is 0 Å². The smallest absolute Gasteiger partial charge is 0.0744 e. The summed E-state index contributed by atoms with van der Waals surface area (Å²) in [7, 11) is 0. The van der Waals surface area contributed by atoms with Gasteiger partial charge in [-0.05, 0) is 19.9 Å². The summed E-state index contributed by atoms with van der Waals surface area (Å²) in [5.41, 5.74) is 0.781. The molecule has 1 aromatic heterocycles. The number of hydrogen-bond acceptors (Lipinski definition) is 2. The van der Waals surface area contributed by atoms with Crippen molar-refractivity contribution in [3.8, 4) is 12.3 Å². The fourth-order valence-electron chi connectivity index (χ4n) is 0.750. The maximum atomic E-state index is 5.31. The number of aromatic nitrogens is 2. The lowest BCUT2D eigenvalue weighted by atomic mass is 10.1. The number of rotatable bonds is 3. The third-order valence-electron chi connectivity index (χ3n) is 1.64. The Morgan fingerprint density at radius 3 is 3.00 bits per heavy atom. The minimum Gasteiger partial charge on any atom is -0.296 e. The summed E-state index contributed by atoms with van der Waals surface area (Å²) in [6.45, 7) is 4.64. The van der Waals surface area contributed by atoms with Gasteiger partial charge in [0, 0.05) is 18.4 Å². The van der Waals surface area contributed by atoms with E-state index in [1.54, 1.807) is 6.20 Å². The largest absolute Gasteiger partial charge is 0.296 e. The third kappa shape index (κ3) is 2.40. The first-order chi connectivity index (χ1) is 5.64. The van der Waals surface area contributed by atoms with Crippen LogP contribution in [0.2, 0.25) is 0 Å². The lowest BCUT2D eigenvalue weighted by molar-refractivity contribution is 0.486. The van der Waals surface area contributed by atoms with E-state index in [0.717, 1.165) is 12.2 Å². The van der Waals surface area contributed by atoms with Crippen molar-refractivity contribution in [3.63, 3.8) is 0 Å². The van der Waals surface area contributed by atoms with Crippen molar-refractivity contribution in [3.05, 3.63) is 18.0 Å². The molecule has 0 unspecified atom stereocenters. The zero-order valence-corrected chi connectivity index (χ0v) is 7.39. The number of terminal acetylenes is 1. The fraction of sp³-hybridized carbons (Fsp3) is 0.444. The van der Waals surface area contributed by atoms with E-state index in [4.69, 9.17) is 6.42 Å². The molecule has 0 atom stereocenters. The van der Waals surface area contributed by atoms with Gasteiger partial charge in [0.25, 0.3) is 0 Å².